The Kier molecular flexibility index (Phi) is 1.91. The van der Waals surface area contributed by atoms with Crippen LogP contribution in [0, 0.1) is 5.92 Å². The van der Waals surface area contributed by atoms with Crippen molar-refractivity contribution in [2.24, 2.45) is 11.0 Å². The van der Waals surface area contributed by atoms with Gasteiger partial charge in [-0.3, -0.25) is 5.01 Å². The Morgan fingerprint density at radius 3 is 2.58 bits per heavy atom. The number of rotatable bonds is 1. The molecule has 0 saturated carbocycles. The first kappa shape index (κ1) is 7.84. The monoisotopic (exact) mass is 164 g/mol. The zero-order valence-corrected chi connectivity index (χ0v) is 7.83. The first-order chi connectivity index (χ1) is 5.77. The molecule has 2 rings (SSSR count). The van der Waals surface area contributed by atoms with Gasteiger partial charge >= 0.3 is 0 Å². The second kappa shape index (κ2) is 2.92. The van der Waals surface area contributed by atoms with Crippen LogP contribution in [0.5, 0.6) is 0 Å². The van der Waals surface area contributed by atoms with Crippen LogP contribution < -0.4 is 0 Å². The Morgan fingerprint density at radius 2 is 2.08 bits per heavy atom. The van der Waals surface area contributed by atoms with Gasteiger partial charge in [0.05, 0.1) is 6.04 Å². The van der Waals surface area contributed by atoms with E-state index in [1.807, 2.05) is 0 Å². The molecule has 0 fully saturated rings. The minimum atomic E-state index is 0.667. The Balaban J connectivity index is 1.98. The van der Waals surface area contributed by atoms with E-state index in [-0.39, 0.29) is 0 Å². The van der Waals surface area contributed by atoms with E-state index in [0.717, 1.165) is 5.92 Å². The second-order valence-corrected chi connectivity index (χ2v) is 3.88. The fourth-order valence-electron chi connectivity index (χ4n) is 2.24. The standard InChI is InChI=1S/C10H16N2/c1-8-7-10(12(2)11-8)9-5-3-4-6-9/h3-4,9-10H,5-7H2,1-2H3. The molecule has 0 aromatic rings. The van der Waals surface area contributed by atoms with Crippen LogP contribution in [0.15, 0.2) is 17.3 Å². The largest absolute Gasteiger partial charge is 0.296 e. The van der Waals surface area contributed by atoms with Crippen molar-refractivity contribution in [1.29, 1.82) is 0 Å². The molecule has 2 heteroatoms. The third kappa shape index (κ3) is 1.26. The highest BCUT2D eigenvalue weighted by Crippen LogP contribution is 2.29. The van der Waals surface area contributed by atoms with Crippen LogP contribution in [0.25, 0.3) is 0 Å². The summed E-state index contributed by atoms with van der Waals surface area (Å²) in [5.74, 6) is 0.816. The second-order valence-electron chi connectivity index (χ2n) is 3.88. The van der Waals surface area contributed by atoms with Gasteiger partial charge in [0.1, 0.15) is 0 Å². The lowest BCUT2D eigenvalue weighted by atomic mass is 9.94. The van der Waals surface area contributed by atoms with Gasteiger partial charge in [-0.2, -0.15) is 5.10 Å². The Morgan fingerprint density at radius 1 is 1.42 bits per heavy atom. The molecule has 66 valence electrons. The molecule has 1 atom stereocenters. The summed E-state index contributed by atoms with van der Waals surface area (Å²) in [4.78, 5) is 0. The minimum Gasteiger partial charge on any atom is -0.296 e. The molecule has 0 amide bonds. The average Bonchev–Trinajstić information content (AvgIpc) is 2.58. The minimum absolute atomic E-state index is 0.667. The highest BCUT2D eigenvalue weighted by Gasteiger charge is 2.29. The molecule has 0 aromatic heterocycles. The van der Waals surface area contributed by atoms with Crippen molar-refractivity contribution in [1.82, 2.24) is 5.01 Å². The van der Waals surface area contributed by atoms with Crippen molar-refractivity contribution >= 4 is 5.71 Å². The quantitative estimate of drug-likeness (QED) is 0.541. The van der Waals surface area contributed by atoms with E-state index in [9.17, 15) is 0 Å². The zero-order valence-electron chi connectivity index (χ0n) is 7.83. The van der Waals surface area contributed by atoms with Crippen LogP contribution in [-0.2, 0) is 0 Å². The number of hydrogen-bond acceptors (Lipinski definition) is 2. The predicted molar refractivity (Wildman–Crippen MR) is 51.1 cm³/mol. The molecule has 1 heterocycles. The van der Waals surface area contributed by atoms with Crippen molar-refractivity contribution in [2.45, 2.75) is 32.2 Å². The third-order valence-corrected chi connectivity index (χ3v) is 2.90. The van der Waals surface area contributed by atoms with Gasteiger partial charge in [-0.05, 0) is 25.7 Å². The lowest BCUT2D eigenvalue weighted by molar-refractivity contribution is 0.213. The summed E-state index contributed by atoms with van der Waals surface area (Å²) in [7, 11) is 2.10. The van der Waals surface area contributed by atoms with E-state index in [1.54, 1.807) is 0 Å². The molecule has 0 saturated heterocycles. The molecule has 1 unspecified atom stereocenters. The molecule has 2 nitrogen and oxygen atoms in total. The van der Waals surface area contributed by atoms with E-state index in [4.69, 9.17) is 0 Å². The summed E-state index contributed by atoms with van der Waals surface area (Å²) in [5.41, 5.74) is 1.29. The number of allylic oxidation sites excluding steroid dienone is 2. The van der Waals surface area contributed by atoms with Gasteiger partial charge in [-0.1, -0.05) is 12.2 Å². The normalized spacial score (nSPS) is 30.0. The van der Waals surface area contributed by atoms with Crippen molar-refractivity contribution in [2.75, 3.05) is 7.05 Å². The molecule has 0 aromatic carbocycles. The lowest BCUT2D eigenvalue weighted by Crippen LogP contribution is -2.29. The van der Waals surface area contributed by atoms with Gasteiger partial charge in [-0.25, -0.2) is 0 Å². The molecule has 0 radical (unpaired) electrons. The van der Waals surface area contributed by atoms with Crippen LogP contribution in [-0.4, -0.2) is 23.8 Å². The molecule has 0 N–H and O–H groups in total. The van der Waals surface area contributed by atoms with E-state index in [2.05, 4.69) is 36.2 Å². The molecular formula is C10H16N2. The maximum absolute atomic E-state index is 4.44. The smallest absolute Gasteiger partial charge is 0.0554 e. The topological polar surface area (TPSA) is 15.6 Å². The van der Waals surface area contributed by atoms with Crippen molar-refractivity contribution in [3.8, 4) is 0 Å². The zero-order chi connectivity index (χ0) is 8.55. The van der Waals surface area contributed by atoms with Gasteiger partial charge < -0.3 is 0 Å². The SMILES string of the molecule is CC1=NN(C)C(C2CC=CC2)C1. The van der Waals surface area contributed by atoms with Crippen LogP contribution in [0.1, 0.15) is 26.2 Å². The summed E-state index contributed by atoms with van der Waals surface area (Å²) in [5, 5.41) is 6.58. The van der Waals surface area contributed by atoms with Crippen LogP contribution >= 0.6 is 0 Å². The lowest BCUT2D eigenvalue weighted by Gasteiger charge is -2.24. The van der Waals surface area contributed by atoms with E-state index < -0.39 is 0 Å². The van der Waals surface area contributed by atoms with Crippen molar-refractivity contribution in [3.05, 3.63) is 12.2 Å². The molecule has 0 bridgehead atoms. The van der Waals surface area contributed by atoms with E-state index >= 15 is 0 Å². The van der Waals surface area contributed by atoms with Crippen LogP contribution in [0.2, 0.25) is 0 Å². The first-order valence-corrected chi connectivity index (χ1v) is 4.69. The fraction of sp³-hybridized carbons (Fsp3) is 0.700. The predicted octanol–water partition coefficient (Wildman–Crippen LogP) is 2.03. The van der Waals surface area contributed by atoms with E-state index in [0.29, 0.717) is 6.04 Å². The Bertz CT molecular complexity index is 222. The average molecular weight is 164 g/mol. The van der Waals surface area contributed by atoms with Gasteiger partial charge in [0.2, 0.25) is 0 Å². The number of hydrogen-bond donors (Lipinski definition) is 0. The fourth-order valence-corrected chi connectivity index (χ4v) is 2.24. The van der Waals surface area contributed by atoms with Gasteiger partial charge in [0, 0.05) is 19.2 Å². The number of hydrazone groups is 1. The van der Waals surface area contributed by atoms with Crippen LogP contribution in [0.4, 0.5) is 0 Å². The molecule has 2 aliphatic rings. The Labute approximate surface area is 73.9 Å². The highest BCUT2D eigenvalue weighted by molar-refractivity contribution is 5.83. The molecule has 0 spiro atoms. The highest BCUT2D eigenvalue weighted by atomic mass is 15.5. The maximum atomic E-state index is 4.44. The maximum Gasteiger partial charge on any atom is 0.0554 e. The summed E-state index contributed by atoms with van der Waals surface area (Å²) in [6, 6.07) is 0.667. The molecule has 1 aliphatic heterocycles. The summed E-state index contributed by atoms with van der Waals surface area (Å²) in [6.45, 7) is 2.12. The van der Waals surface area contributed by atoms with Crippen molar-refractivity contribution < 1.29 is 0 Å². The van der Waals surface area contributed by atoms with Gasteiger partial charge in [-0.15, -0.1) is 0 Å². The third-order valence-electron chi connectivity index (χ3n) is 2.90. The summed E-state index contributed by atoms with van der Waals surface area (Å²) >= 11 is 0. The van der Waals surface area contributed by atoms with Gasteiger partial charge in [0.15, 0.2) is 0 Å². The number of nitrogens with zero attached hydrogens (tertiary/aromatic N) is 2. The molecule has 1 aliphatic carbocycles. The summed E-state index contributed by atoms with van der Waals surface area (Å²) in [6.07, 6.45) is 8.26. The molecular weight excluding hydrogens is 148 g/mol. The molecule has 12 heavy (non-hydrogen) atoms. The van der Waals surface area contributed by atoms with Gasteiger partial charge in [0.25, 0.3) is 0 Å². The van der Waals surface area contributed by atoms with E-state index in [1.165, 1.54) is 25.0 Å². The summed E-state index contributed by atoms with van der Waals surface area (Å²) < 4.78 is 0. The first-order valence-electron chi connectivity index (χ1n) is 4.69. The van der Waals surface area contributed by atoms with Crippen LogP contribution in [0.3, 0.4) is 0 Å². The van der Waals surface area contributed by atoms with Crippen molar-refractivity contribution in [3.63, 3.8) is 0 Å². The Hall–Kier alpha value is -0.790.